The standard InChI is InChI=1S/C24H25ClN2O3S/c1-18-7-10-22(11-8-18)31(29,30)14-13-21(28)15-23(20-9-12-24(25)27-17-20)26-16-19-5-3-2-4-6-19/h2-12,17,23,26H,13-16H2,1H3. The molecule has 0 saturated carbocycles. The molecule has 0 aliphatic heterocycles. The van der Waals surface area contributed by atoms with Crippen molar-refractivity contribution in [1.82, 2.24) is 10.3 Å². The molecule has 31 heavy (non-hydrogen) atoms. The van der Waals surface area contributed by atoms with E-state index in [4.69, 9.17) is 11.6 Å². The lowest BCUT2D eigenvalue weighted by Gasteiger charge is -2.19. The fourth-order valence-corrected chi connectivity index (χ4v) is 4.57. The van der Waals surface area contributed by atoms with E-state index < -0.39 is 9.84 Å². The molecular formula is C24H25ClN2O3S. The maximum Gasteiger partial charge on any atom is 0.178 e. The van der Waals surface area contributed by atoms with Gasteiger partial charge in [-0.2, -0.15) is 0 Å². The number of rotatable bonds is 10. The van der Waals surface area contributed by atoms with E-state index in [1.165, 1.54) is 0 Å². The van der Waals surface area contributed by atoms with Crippen LogP contribution in [0.25, 0.3) is 0 Å². The average molecular weight is 457 g/mol. The summed E-state index contributed by atoms with van der Waals surface area (Å²) in [7, 11) is -3.50. The molecule has 3 aromatic rings. The van der Waals surface area contributed by atoms with E-state index in [1.807, 2.05) is 43.3 Å². The molecule has 0 aliphatic carbocycles. The number of halogens is 1. The van der Waals surface area contributed by atoms with E-state index in [-0.39, 0.29) is 35.3 Å². The Balaban J connectivity index is 1.65. The molecule has 0 bridgehead atoms. The first-order chi connectivity index (χ1) is 14.8. The molecule has 0 fully saturated rings. The molecule has 0 spiro atoms. The van der Waals surface area contributed by atoms with Gasteiger partial charge >= 0.3 is 0 Å². The van der Waals surface area contributed by atoms with Crippen molar-refractivity contribution in [2.24, 2.45) is 0 Å². The van der Waals surface area contributed by atoms with E-state index in [2.05, 4.69) is 10.3 Å². The Morgan fingerprint density at radius 2 is 1.74 bits per heavy atom. The highest BCUT2D eigenvalue weighted by Gasteiger charge is 2.20. The van der Waals surface area contributed by atoms with Crippen molar-refractivity contribution in [3.05, 3.63) is 94.8 Å². The molecule has 0 amide bonds. The number of pyridine rings is 1. The fourth-order valence-electron chi connectivity index (χ4n) is 3.18. The Labute approximate surface area is 188 Å². The Hall–Kier alpha value is -2.54. The minimum absolute atomic E-state index is 0.0409. The fraction of sp³-hybridized carbons (Fsp3) is 0.250. The number of nitrogens with one attached hydrogen (secondary N) is 1. The van der Waals surface area contributed by atoms with Gasteiger partial charge in [0.25, 0.3) is 0 Å². The minimum Gasteiger partial charge on any atom is -0.305 e. The van der Waals surface area contributed by atoms with Crippen molar-refractivity contribution in [3.63, 3.8) is 0 Å². The van der Waals surface area contributed by atoms with Gasteiger partial charge in [-0.25, -0.2) is 13.4 Å². The van der Waals surface area contributed by atoms with Gasteiger partial charge in [0.05, 0.1) is 10.6 Å². The molecule has 1 unspecified atom stereocenters. The van der Waals surface area contributed by atoms with Gasteiger partial charge in [-0.15, -0.1) is 0 Å². The molecule has 0 aliphatic rings. The van der Waals surface area contributed by atoms with Crippen molar-refractivity contribution in [3.8, 4) is 0 Å². The monoisotopic (exact) mass is 456 g/mol. The van der Waals surface area contributed by atoms with Gasteiger partial charge in [-0.3, -0.25) is 4.79 Å². The Bertz CT molecular complexity index is 1100. The van der Waals surface area contributed by atoms with Gasteiger partial charge in [0, 0.05) is 31.6 Å². The number of hydrogen-bond acceptors (Lipinski definition) is 5. The van der Waals surface area contributed by atoms with Crippen LogP contribution in [0.3, 0.4) is 0 Å². The number of hydrogen-bond donors (Lipinski definition) is 1. The van der Waals surface area contributed by atoms with Crippen molar-refractivity contribution < 1.29 is 13.2 Å². The van der Waals surface area contributed by atoms with E-state index >= 15 is 0 Å². The Kier molecular flexibility index (Phi) is 7.96. The summed E-state index contributed by atoms with van der Waals surface area (Å²) >= 11 is 5.90. The number of nitrogens with zero attached hydrogens (tertiary/aromatic N) is 1. The zero-order valence-electron chi connectivity index (χ0n) is 17.3. The number of aromatic nitrogens is 1. The average Bonchev–Trinajstić information content (AvgIpc) is 2.77. The summed E-state index contributed by atoms with van der Waals surface area (Å²) in [5.41, 5.74) is 2.90. The number of carbonyl (C=O) groups is 1. The van der Waals surface area contributed by atoms with Gasteiger partial charge in [-0.05, 0) is 36.2 Å². The molecule has 1 aromatic heterocycles. The zero-order valence-corrected chi connectivity index (χ0v) is 18.9. The van der Waals surface area contributed by atoms with Crippen LogP contribution >= 0.6 is 11.6 Å². The maximum absolute atomic E-state index is 12.7. The van der Waals surface area contributed by atoms with Crippen molar-refractivity contribution in [2.45, 2.75) is 37.2 Å². The number of ketones is 1. The number of sulfone groups is 1. The van der Waals surface area contributed by atoms with Gasteiger partial charge in [0.15, 0.2) is 9.84 Å². The number of aryl methyl sites for hydroxylation is 1. The number of benzene rings is 2. The van der Waals surface area contributed by atoms with Crippen LogP contribution in [0, 0.1) is 6.92 Å². The third-order valence-electron chi connectivity index (χ3n) is 5.01. The predicted molar refractivity (Wildman–Crippen MR) is 123 cm³/mol. The number of Topliss-reactive ketones (excluding diaryl/α,β-unsaturated/α-hetero) is 1. The summed E-state index contributed by atoms with van der Waals surface area (Å²) in [6.45, 7) is 2.47. The lowest BCUT2D eigenvalue weighted by Crippen LogP contribution is -2.24. The summed E-state index contributed by atoms with van der Waals surface area (Å²) < 4.78 is 25.1. The second-order valence-corrected chi connectivity index (χ2v) is 9.95. The molecule has 0 saturated heterocycles. The predicted octanol–water partition coefficient (Wildman–Crippen LogP) is 4.70. The van der Waals surface area contributed by atoms with E-state index in [0.717, 1.165) is 16.7 Å². The third-order valence-corrected chi connectivity index (χ3v) is 6.97. The lowest BCUT2D eigenvalue weighted by atomic mass is 10.0. The molecule has 7 heteroatoms. The minimum atomic E-state index is -3.50. The highest BCUT2D eigenvalue weighted by molar-refractivity contribution is 7.91. The van der Waals surface area contributed by atoms with Gasteiger partial charge < -0.3 is 5.32 Å². The van der Waals surface area contributed by atoms with Crippen LogP contribution in [0.5, 0.6) is 0 Å². The van der Waals surface area contributed by atoms with E-state index in [1.54, 1.807) is 36.5 Å². The highest BCUT2D eigenvalue weighted by atomic mass is 35.5. The summed E-state index contributed by atoms with van der Waals surface area (Å²) in [6, 6.07) is 19.7. The summed E-state index contributed by atoms with van der Waals surface area (Å²) in [6.07, 6.45) is 1.77. The molecule has 1 atom stereocenters. The SMILES string of the molecule is Cc1ccc(S(=O)(=O)CCC(=O)CC(NCc2ccccc2)c2ccc(Cl)nc2)cc1. The van der Waals surface area contributed by atoms with Crippen molar-refractivity contribution >= 4 is 27.2 Å². The molecule has 0 radical (unpaired) electrons. The molecule has 3 rings (SSSR count). The van der Waals surface area contributed by atoms with Gasteiger partial charge in [-0.1, -0.05) is 65.7 Å². The van der Waals surface area contributed by atoms with E-state index in [0.29, 0.717) is 11.7 Å². The summed E-state index contributed by atoms with van der Waals surface area (Å²) in [4.78, 5) is 17.0. The second-order valence-electron chi connectivity index (χ2n) is 7.46. The molecular weight excluding hydrogens is 432 g/mol. The van der Waals surface area contributed by atoms with Crippen LogP contribution in [0.4, 0.5) is 0 Å². The van der Waals surface area contributed by atoms with Crippen LogP contribution < -0.4 is 5.32 Å². The topological polar surface area (TPSA) is 76.1 Å². The third kappa shape index (κ3) is 6.99. The summed E-state index contributed by atoms with van der Waals surface area (Å²) in [5.74, 6) is -0.338. The lowest BCUT2D eigenvalue weighted by molar-refractivity contribution is -0.119. The second kappa shape index (κ2) is 10.7. The van der Waals surface area contributed by atoms with Crippen LogP contribution in [0.1, 0.15) is 35.6 Å². The van der Waals surface area contributed by atoms with Gasteiger partial charge in [0.2, 0.25) is 0 Å². The quantitative estimate of drug-likeness (QED) is 0.447. The first kappa shape index (κ1) is 23.1. The van der Waals surface area contributed by atoms with E-state index in [9.17, 15) is 13.2 Å². The molecule has 1 heterocycles. The highest BCUT2D eigenvalue weighted by Crippen LogP contribution is 2.21. The molecule has 2 aromatic carbocycles. The largest absolute Gasteiger partial charge is 0.305 e. The smallest absolute Gasteiger partial charge is 0.178 e. The first-order valence-corrected chi connectivity index (χ1v) is 12.1. The molecule has 5 nitrogen and oxygen atoms in total. The van der Waals surface area contributed by atoms with Crippen molar-refractivity contribution in [2.75, 3.05) is 5.75 Å². The van der Waals surface area contributed by atoms with Gasteiger partial charge in [0.1, 0.15) is 10.9 Å². The Morgan fingerprint density at radius 3 is 2.39 bits per heavy atom. The normalized spacial score (nSPS) is 12.5. The first-order valence-electron chi connectivity index (χ1n) is 10.0. The molecule has 1 N–H and O–H groups in total. The zero-order chi connectivity index (χ0) is 22.3. The van der Waals surface area contributed by atoms with Crippen LogP contribution in [0.2, 0.25) is 5.15 Å². The van der Waals surface area contributed by atoms with Crippen LogP contribution in [0.15, 0.2) is 77.8 Å². The maximum atomic E-state index is 12.7. The van der Waals surface area contributed by atoms with Crippen LogP contribution in [-0.2, 0) is 21.2 Å². The molecule has 162 valence electrons. The Morgan fingerprint density at radius 1 is 1.03 bits per heavy atom. The van der Waals surface area contributed by atoms with Crippen molar-refractivity contribution in [1.29, 1.82) is 0 Å². The summed E-state index contributed by atoms with van der Waals surface area (Å²) in [5, 5.41) is 3.76. The van der Waals surface area contributed by atoms with Crippen LogP contribution in [-0.4, -0.2) is 24.9 Å². The number of carbonyl (C=O) groups excluding carboxylic acids is 1.